The summed E-state index contributed by atoms with van der Waals surface area (Å²) in [4.78, 5) is 0. The van der Waals surface area contributed by atoms with Crippen molar-refractivity contribution in [2.24, 2.45) is 0 Å². The van der Waals surface area contributed by atoms with Gasteiger partial charge in [-0.3, -0.25) is 8.74 Å². The van der Waals surface area contributed by atoms with Crippen LogP contribution in [0.1, 0.15) is 0 Å². The fourth-order valence-electron chi connectivity index (χ4n) is 1.46. The van der Waals surface area contributed by atoms with Gasteiger partial charge in [0.1, 0.15) is 18.3 Å². The topological polar surface area (TPSA) is 163 Å². The van der Waals surface area contributed by atoms with E-state index in [4.69, 9.17) is 14.2 Å². The van der Waals surface area contributed by atoms with Crippen molar-refractivity contribution in [3.63, 3.8) is 0 Å². The van der Waals surface area contributed by atoms with Crippen LogP contribution >= 0.6 is 12.3 Å². The van der Waals surface area contributed by atoms with Gasteiger partial charge in [-0.15, -0.1) is 0 Å². The Balaban J connectivity index is 2.91. The first-order valence-electron chi connectivity index (χ1n) is 4.55. The van der Waals surface area contributed by atoms with E-state index in [1.165, 1.54) is 0 Å². The van der Waals surface area contributed by atoms with Crippen LogP contribution in [0.5, 0.6) is 0 Å². The summed E-state index contributed by atoms with van der Waals surface area (Å²) in [5.74, 6) is 0. The van der Waals surface area contributed by atoms with Crippen LogP contribution in [-0.2, 0) is 23.5 Å². The first kappa shape index (κ1) is 16.0. The second-order valence-corrected chi connectivity index (χ2v) is 4.75. The Labute approximate surface area is 106 Å². The molecule has 1 fully saturated rings. The van der Waals surface area contributed by atoms with E-state index in [1.807, 2.05) is 0 Å². The SMILES string of the molecule is O=S(=O)(O)O[C@@H]1[C@@H](OSO)[C@H](O)[C@@H](CO)O[C@@H]1O. The van der Waals surface area contributed by atoms with Crippen LogP contribution in [-0.4, -0.2) is 70.2 Å². The molecule has 18 heavy (non-hydrogen) atoms. The largest absolute Gasteiger partial charge is 0.397 e. The molecule has 0 aliphatic carbocycles. The normalized spacial score (nSPS) is 37.7. The third-order valence-corrected chi connectivity index (χ3v) is 2.98. The van der Waals surface area contributed by atoms with E-state index >= 15 is 0 Å². The van der Waals surface area contributed by atoms with Crippen molar-refractivity contribution in [1.29, 1.82) is 0 Å². The van der Waals surface area contributed by atoms with E-state index in [0.717, 1.165) is 0 Å². The standard InChI is InChI=1S/C6H12O10S2/c7-1-2-3(8)4(15-17-10)5(6(9)14-2)16-18(11,12)13/h2-10H,1H2,(H,11,12,13)/t2-,3-,4+,5-,6+/m1/s1. The fourth-order valence-corrected chi connectivity index (χ4v) is 2.27. The molecule has 0 spiro atoms. The molecule has 1 aliphatic heterocycles. The summed E-state index contributed by atoms with van der Waals surface area (Å²) >= 11 is -0.209. The Bertz CT molecular complexity index is 357. The first-order valence-corrected chi connectivity index (χ1v) is 6.61. The molecule has 5 atom stereocenters. The number of rotatable bonds is 5. The van der Waals surface area contributed by atoms with Crippen LogP contribution in [0.4, 0.5) is 0 Å². The molecule has 0 aromatic rings. The lowest BCUT2D eigenvalue weighted by Crippen LogP contribution is -2.60. The van der Waals surface area contributed by atoms with Crippen molar-refractivity contribution in [2.45, 2.75) is 30.7 Å². The Morgan fingerprint density at radius 2 is 1.89 bits per heavy atom. The second kappa shape index (κ2) is 6.42. The minimum atomic E-state index is -4.94. The average molecular weight is 308 g/mol. The smallest absolute Gasteiger partial charge is 0.394 e. The van der Waals surface area contributed by atoms with Crippen LogP contribution in [0.25, 0.3) is 0 Å². The van der Waals surface area contributed by atoms with Crippen molar-refractivity contribution in [3.05, 3.63) is 0 Å². The molecule has 0 bridgehead atoms. The van der Waals surface area contributed by atoms with E-state index < -0.39 is 47.7 Å². The molecule has 1 rings (SSSR count). The first-order chi connectivity index (χ1) is 8.30. The van der Waals surface area contributed by atoms with Gasteiger partial charge in [0.2, 0.25) is 0 Å². The molecule has 0 aromatic heterocycles. The predicted octanol–water partition coefficient (Wildman–Crippen LogP) is -2.25. The maximum atomic E-state index is 10.6. The molecule has 0 unspecified atom stereocenters. The van der Waals surface area contributed by atoms with Gasteiger partial charge >= 0.3 is 10.4 Å². The van der Waals surface area contributed by atoms with E-state index in [1.54, 1.807) is 0 Å². The number of ether oxygens (including phenoxy) is 1. The molecule has 10 nitrogen and oxygen atoms in total. The highest BCUT2D eigenvalue weighted by Gasteiger charge is 2.48. The van der Waals surface area contributed by atoms with Gasteiger partial charge in [0.15, 0.2) is 24.7 Å². The molecular weight excluding hydrogens is 296 g/mol. The molecule has 108 valence electrons. The van der Waals surface area contributed by atoms with Crippen LogP contribution in [0.3, 0.4) is 0 Å². The third-order valence-electron chi connectivity index (χ3n) is 2.20. The van der Waals surface area contributed by atoms with Gasteiger partial charge in [-0.2, -0.15) is 8.42 Å². The van der Waals surface area contributed by atoms with Gasteiger partial charge in [0.05, 0.1) is 6.61 Å². The average Bonchev–Trinajstić information content (AvgIpc) is 2.26. The lowest BCUT2D eigenvalue weighted by molar-refractivity contribution is -0.275. The van der Waals surface area contributed by atoms with Crippen molar-refractivity contribution >= 4 is 22.7 Å². The molecule has 1 saturated heterocycles. The summed E-state index contributed by atoms with van der Waals surface area (Å²) < 4.78 is 51.4. The molecule has 0 aromatic carbocycles. The maximum Gasteiger partial charge on any atom is 0.397 e. The molecule has 1 heterocycles. The van der Waals surface area contributed by atoms with Gasteiger partial charge in [-0.1, -0.05) is 0 Å². The zero-order valence-corrected chi connectivity index (χ0v) is 10.3. The van der Waals surface area contributed by atoms with E-state index in [2.05, 4.69) is 13.1 Å². The third kappa shape index (κ3) is 3.99. The number of hydrogen-bond donors (Lipinski definition) is 5. The van der Waals surface area contributed by atoms with Crippen LogP contribution in [0.15, 0.2) is 0 Å². The summed E-state index contributed by atoms with van der Waals surface area (Å²) in [6, 6.07) is 0. The summed E-state index contributed by atoms with van der Waals surface area (Å²) in [5.41, 5.74) is 0. The van der Waals surface area contributed by atoms with Crippen LogP contribution in [0, 0.1) is 0 Å². The molecular formula is C6H12O10S2. The molecule has 0 saturated carbocycles. The van der Waals surface area contributed by atoms with Crippen LogP contribution in [0.2, 0.25) is 0 Å². The molecule has 0 amide bonds. The second-order valence-electron chi connectivity index (χ2n) is 3.36. The van der Waals surface area contributed by atoms with E-state index in [-0.39, 0.29) is 12.3 Å². The monoisotopic (exact) mass is 308 g/mol. The molecule has 0 radical (unpaired) electrons. The summed E-state index contributed by atoms with van der Waals surface area (Å²) in [6.45, 7) is -0.688. The van der Waals surface area contributed by atoms with Crippen molar-refractivity contribution in [2.75, 3.05) is 6.61 Å². The highest BCUT2D eigenvalue weighted by molar-refractivity contribution is 7.88. The summed E-state index contributed by atoms with van der Waals surface area (Å²) in [7, 11) is -4.94. The minimum Gasteiger partial charge on any atom is -0.394 e. The van der Waals surface area contributed by atoms with Crippen molar-refractivity contribution < 1.29 is 45.9 Å². The molecule has 12 heteroatoms. The quantitative estimate of drug-likeness (QED) is 0.275. The molecule has 5 N–H and O–H groups in total. The Hall–Kier alpha value is -0.0200. The Morgan fingerprint density at radius 1 is 1.28 bits per heavy atom. The highest BCUT2D eigenvalue weighted by Crippen LogP contribution is 2.27. The fraction of sp³-hybridized carbons (Fsp3) is 1.00. The number of aliphatic hydroxyl groups is 3. The van der Waals surface area contributed by atoms with Gasteiger partial charge in [0, 0.05) is 0 Å². The van der Waals surface area contributed by atoms with E-state index in [0.29, 0.717) is 0 Å². The zero-order valence-electron chi connectivity index (χ0n) is 8.69. The van der Waals surface area contributed by atoms with Gasteiger partial charge in [0.25, 0.3) is 0 Å². The zero-order chi connectivity index (χ0) is 13.9. The number of hydrogen-bond acceptors (Lipinski definition) is 10. The molecule has 1 aliphatic rings. The van der Waals surface area contributed by atoms with Crippen LogP contribution < -0.4 is 0 Å². The lowest BCUT2D eigenvalue weighted by Gasteiger charge is -2.39. The highest BCUT2D eigenvalue weighted by atomic mass is 32.3. The van der Waals surface area contributed by atoms with Gasteiger partial charge < -0.3 is 24.6 Å². The van der Waals surface area contributed by atoms with Gasteiger partial charge in [-0.25, -0.2) is 4.18 Å². The lowest BCUT2D eigenvalue weighted by atomic mass is 9.99. The van der Waals surface area contributed by atoms with Crippen molar-refractivity contribution in [3.8, 4) is 0 Å². The number of aliphatic hydroxyl groups excluding tert-OH is 3. The Kier molecular flexibility index (Phi) is 5.72. The summed E-state index contributed by atoms with van der Waals surface area (Å²) in [6.07, 6.45) is -8.12. The van der Waals surface area contributed by atoms with E-state index in [9.17, 15) is 18.6 Å². The predicted molar refractivity (Wildman–Crippen MR) is 55.5 cm³/mol. The maximum absolute atomic E-state index is 10.6. The van der Waals surface area contributed by atoms with Crippen molar-refractivity contribution in [1.82, 2.24) is 0 Å². The minimum absolute atomic E-state index is 0.209. The summed E-state index contributed by atoms with van der Waals surface area (Å²) in [5, 5.41) is 27.9. The van der Waals surface area contributed by atoms with Gasteiger partial charge in [-0.05, 0) is 0 Å². The Morgan fingerprint density at radius 3 is 2.33 bits per heavy atom.